The first-order valence-corrected chi connectivity index (χ1v) is 9.79. The number of nitrogens with one attached hydrogen (secondary N) is 2. The van der Waals surface area contributed by atoms with Crippen LogP contribution in [0.4, 0.5) is 19.0 Å². The first-order valence-electron chi connectivity index (χ1n) is 9.79. The largest absolute Gasteiger partial charge is 0.476 e. The van der Waals surface area contributed by atoms with Crippen molar-refractivity contribution in [2.45, 2.75) is 20.0 Å². The molecule has 0 saturated heterocycles. The van der Waals surface area contributed by atoms with Crippen molar-refractivity contribution in [3.8, 4) is 5.88 Å². The van der Waals surface area contributed by atoms with Crippen molar-refractivity contribution in [3.05, 3.63) is 59.8 Å². The molecular formula is C22H21F3N4O3. The zero-order chi connectivity index (χ0) is 23.3. The first kappa shape index (κ1) is 23.0. The molecule has 2 amide bonds. The standard InChI is InChI=1S/C22H21F3N4O3/c1-13(2)20(30)29-18-12-15(7-8-26-18)21(31)27-9-10-32-19-6-3-14-11-16(22(23,24)25)4-5-17(14)28-19/h3-8,11-13H,9-10H2,1-2H3,(H,27,31)(H,26,29,30). The lowest BCUT2D eigenvalue weighted by atomic mass is 10.1. The Morgan fingerprint density at radius 1 is 1.09 bits per heavy atom. The maximum atomic E-state index is 12.8. The van der Waals surface area contributed by atoms with Crippen LogP contribution in [0.1, 0.15) is 29.8 Å². The van der Waals surface area contributed by atoms with Gasteiger partial charge < -0.3 is 15.4 Å². The molecule has 2 heterocycles. The number of alkyl halides is 3. The molecule has 0 saturated carbocycles. The van der Waals surface area contributed by atoms with Crippen molar-refractivity contribution in [2.24, 2.45) is 5.92 Å². The number of halogens is 3. The number of rotatable bonds is 7. The van der Waals surface area contributed by atoms with Crippen molar-refractivity contribution >= 4 is 28.5 Å². The van der Waals surface area contributed by atoms with Crippen molar-refractivity contribution in [1.29, 1.82) is 0 Å². The van der Waals surface area contributed by atoms with E-state index in [-0.39, 0.29) is 42.6 Å². The van der Waals surface area contributed by atoms with Crippen LogP contribution < -0.4 is 15.4 Å². The van der Waals surface area contributed by atoms with Gasteiger partial charge in [-0.2, -0.15) is 13.2 Å². The molecule has 0 aliphatic carbocycles. The molecule has 3 aromatic rings. The van der Waals surface area contributed by atoms with E-state index in [9.17, 15) is 22.8 Å². The van der Waals surface area contributed by atoms with Crippen LogP contribution in [0.5, 0.6) is 5.88 Å². The Kier molecular flexibility index (Phi) is 6.92. The summed E-state index contributed by atoms with van der Waals surface area (Å²) in [5.41, 5.74) is -0.0538. The van der Waals surface area contributed by atoms with E-state index in [0.29, 0.717) is 16.5 Å². The van der Waals surface area contributed by atoms with Crippen LogP contribution in [0.2, 0.25) is 0 Å². The van der Waals surface area contributed by atoms with Crippen LogP contribution in [0.15, 0.2) is 48.7 Å². The number of pyridine rings is 2. The van der Waals surface area contributed by atoms with Crippen molar-refractivity contribution < 1.29 is 27.5 Å². The second-order valence-corrected chi connectivity index (χ2v) is 7.23. The van der Waals surface area contributed by atoms with E-state index < -0.39 is 11.7 Å². The zero-order valence-corrected chi connectivity index (χ0v) is 17.4. The summed E-state index contributed by atoms with van der Waals surface area (Å²) in [5.74, 6) is -0.291. The molecule has 3 rings (SSSR count). The predicted octanol–water partition coefficient (Wildman–Crippen LogP) is 4.05. The summed E-state index contributed by atoms with van der Waals surface area (Å²) in [7, 11) is 0. The molecule has 2 aromatic heterocycles. The van der Waals surface area contributed by atoms with Gasteiger partial charge in [-0.3, -0.25) is 9.59 Å². The number of aromatic nitrogens is 2. The molecule has 168 valence electrons. The zero-order valence-electron chi connectivity index (χ0n) is 17.4. The Bertz CT molecular complexity index is 1130. The predicted molar refractivity (Wildman–Crippen MR) is 112 cm³/mol. The van der Waals surface area contributed by atoms with Crippen LogP contribution in [0.25, 0.3) is 10.9 Å². The van der Waals surface area contributed by atoms with Crippen molar-refractivity contribution in [1.82, 2.24) is 15.3 Å². The molecule has 0 atom stereocenters. The SMILES string of the molecule is CC(C)C(=O)Nc1cc(C(=O)NCCOc2ccc3cc(C(F)(F)F)ccc3n2)ccn1. The number of anilines is 1. The summed E-state index contributed by atoms with van der Waals surface area (Å²) in [5, 5.41) is 5.65. The highest BCUT2D eigenvalue weighted by Crippen LogP contribution is 2.31. The Morgan fingerprint density at radius 2 is 1.88 bits per heavy atom. The normalized spacial score (nSPS) is 11.4. The van der Waals surface area contributed by atoms with E-state index in [2.05, 4.69) is 20.6 Å². The van der Waals surface area contributed by atoms with E-state index in [1.807, 2.05) is 0 Å². The van der Waals surface area contributed by atoms with Gasteiger partial charge in [0.05, 0.1) is 17.6 Å². The number of fused-ring (bicyclic) bond motifs is 1. The molecule has 0 bridgehead atoms. The molecule has 10 heteroatoms. The molecule has 32 heavy (non-hydrogen) atoms. The number of hydrogen-bond acceptors (Lipinski definition) is 5. The van der Waals surface area contributed by atoms with E-state index in [1.54, 1.807) is 13.8 Å². The summed E-state index contributed by atoms with van der Waals surface area (Å²) in [6, 6.07) is 9.22. The van der Waals surface area contributed by atoms with Crippen molar-refractivity contribution in [2.75, 3.05) is 18.5 Å². The van der Waals surface area contributed by atoms with Gasteiger partial charge in [-0.25, -0.2) is 9.97 Å². The number of amides is 2. The number of carbonyl (C=O) groups is 2. The van der Waals surface area contributed by atoms with Gasteiger partial charge in [0, 0.05) is 29.1 Å². The topological polar surface area (TPSA) is 93.2 Å². The fraction of sp³-hybridized carbons (Fsp3) is 0.273. The number of hydrogen-bond donors (Lipinski definition) is 2. The summed E-state index contributed by atoms with van der Waals surface area (Å²) in [4.78, 5) is 32.3. The molecular weight excluding hydrogens is 425 g/mol. The third-order valence-electron chi connectivity index (χ3n) is 4.43. The Hall–Kier alpha value is -3.69. The molecule has 0 spiro atoms. The first-order chi connectivity index (χ1) is 15.1. The lowest BCUT2D eigenvalue weighted by molar-refractivity contribution is -0.137. The van der Waals surface area contributed by atoms with Gasteiger partial charge in [0.2, 0.25) is 11.8 Å². The monoisotopic (exact) mass is 446 g/mol. The van der Waals surface area contributed by atoms with E-state index in [0.717, 1.165) is 12.1 Å². The summed E-state index contributed by atoms with van der Waals surface area (Å²) in [6.07, 6.45) is -3.00. The van der Waals surface area contributed by atoms with E-state index in [4.69, 9.17) is 4.74 Å². The maximum Gasteiger partial charge on any atom is 0.416 e. The number of benzene rings is 1. The van der Waals surface area contributed by atoms with Crippen LogP contribution in [-0.4, -0.2) is 34.9 Å². The second kappa shape index (κ2) is 9.63. The highest BCUT2D eigenvalue weighted by molar-refractivity contribution is 5.96. The molecule has 7 nitrogen and oxygen atoms in total. The molecule has 0 radical (unpaired) electrons. The van der Waals surface area contributed by atoms with Crippen LogP contribution in [0.3, 0.4) is 0 Å². The third-order valence-corrected chi connectivity index (χ3v) is 4.43. The van der Waals surface area contributed by atoms with Gasteiger partial charge in [-0.15, -0.1) is 0 Å². The van der Waals surface area contributed by atoms with Crippen LogP contribution >= 0.6 is 0 Å². The lowest BCUT2D eigenvalue weighted by Gasteiger charge is -2.10. The van der Waals surface area contributed by atoms with Crippen LogP contribution in [-0.2, 0) is 11.0 Å². The summed E-state index contributed by atoms with van der Waals surface area (Å²) < 4.78 is 43.9. The number of nitrogens with zero attached hydrogens (tertiary/aromatic N) is 2. The number of carbonyl (C=O) groups excluding carboxylic acids is 2. The maximum absolute atomic E-state index is 12.8. The second-order valence-electron chi connectivity index (χ2n) is 7.23. The molecule has 0 aliphatic rings. The molecule has 2 N–H and O–H groups in total. The smallest absolute Gasteiger partial charge is 0.416 e. The fourth-order valence-corrected chi connectivity index (χ4v) is 2.70. The van der Waals surface area contributed by atoms with Gasteiger partial charge in [0.1, 0.15) is 12.4 Å². The minimum absolute atomic E-state index is 0.104. The van der Waals surface area contributed by atoms with Gasteiger partial charge >= 0.3 is 6.18 Å². The van der Waals surface area contributed by atoms with Crippen molar-refractivity contribution in [3.63, 3.8) is 0 Å². The fourth-order valence-electron chi connectivity index (χ4n) is 2.70. The van der Waals surface area contributed by atoms with E-state index >= 15 is 0 Å². The van der Waals surface area contributed by atoms with Gasteiger partial charge in [0.25, 0.3) is 5.91 Å². The minimum atomic E-state index is -4.42. The summed E-state index contributed by atoms with van der Waals surface area (Å²) >= 11 is 0. The van der Waals surface area contributed by atoms with Gasteiger partial charge in [-0.1, -0.05) is 13.8 Å². The minimum Gasteiger partial charge on any atom is -0.476 e. The lowest BCUT2D eigenvalue weighted by Crippen LogP contribution is -2.28. The van der Waals surface area contributed by atoms with Crippen LogP contribution in [0, 0.1) is 5.92 Å². The molecule has 0 aliphatic heterocycles. The van der Waals surface area contributed by atoms with E-state index in [1.165, 1.54) is 36.5 Å². The molecule has 0 fully saturated rings. The Morgan fingerprint density at radius 3 is 2.59 bits per heavy atom. The Balaban J connectivity index is 1.53. The highest BCUT2D eigenvalue weighted by Gasteiger charge is 2.30. The average molecular weight is 446 g/mol. The summed E-state index contributed by atoms with van der Waals surface area (Å²) in [6.45, 7) is 3.76. The quantitative estimate of drug-likeness (QED) is 0.534. The van der Waals surface area contributed by atoms with Gasteiger partial charge in [0.15, 0.2) is 0 Å². The molecule has 1 aromatic carbocycles. The average Bonchev–Trinajstić information content (AvgIpc) is 2.75. The Labute approximate surface area is 182 Å². The van der Waals surface area contributed by atoms with Gasteiger partial charge in [-0.05, 0) is 36.4 Å². The third kappa shape index (κ3) is 5.93. The molecule has 0 unspecified atom stereocenters. The highest BCUT2D eigenvalue weighted by atomic mass is 19.4. The number of ether oxygens (including phenoxy) is 1.